The Morgan fingerprint density at radius 2 is 2.29 bits per heavy atom. The maximum absolute atomic E-state index is 11.2. The van der Waals surface area contributed by atoms with Gasteiger partial charge in [0.1, 0.15) is 11.9 Å². The molecule has 0 fully saturated rings. The van der Waals surface area contributed by atoms with E-state index in [9.17, 15) is 15.2 Å². The van der Waals surface area contributed by atoms with Crippen molar-refractivity contribution in [2.45, 2.75) is 45.4 Å². The van der Waals surface area contributed by atoms with Gasteiger partial charge in [-0.1, -0.05) is 13.3 Å². The molecule has 21 heavy (non-hydrogen) atoms. The van der Waals surface area contributed by atoms with Crippen molar-refractivity contribution in [1.29, 1.82) is 5.26 Å². The van der Waals surface area contributed by atoms with E-state index in [4.69, 9.17) is 0 Å². The number of carboxylic acid groups (broad SMARTS) is 1. The van der Waals surface area contributed by atoms with Gasteiger partial charge in [0.05, 0.1) is 11.5 Å². The van der Waals surface area contributed by atoms with Crippen LogP contribution in [0, 0.1) is 17.2 Å². The quantitative estimate of drug-likeness (QED) is 0.840. The predicted molar refractivity (Wildman–Crippen MR) is 80.1 cm³/mol. The molecule has 1 atom stereocenters. The van der Waals surface area contributed by atoms with Crippen molar-refractivity contribution in [1.82, 2.24) is 4.98 Å². The van der Waals surface area contributed by atoms with Gasteiger partial charge in [0.15, 0.2) is 0 Å². The summed E-state index contributed by atoms with van der Waals surface area (Å²) in [6.07, 6.45) is 5.62. The molecule has 1 aromatic heterocycles. The monoisotopic (exact) mass is 287 g/mol. The highest BCUT2D eigenvalue weighted by molar-refractivity contribution is 5.71. The molecule has 5 nitrogen and oxygen atoms in total. The number of aryl methyl sites for hydroxylation is 2. The second-order valence-electron chi connectivity index (χ2n) is 5.51. The van der Waals surface area contributed by atoms with Crippen molar-refractivity contribution in [2.24, 2.45) is 5.92 Å². The van der Waals surface area contributed by atoms with Crippen LogP contribution in [-0.4, -0.2) is 22.6 Å². The third-order valence-corrected chi connectivity index (χ3v) is 3.92. The molecule has 1 unspecified atom stereocenters. The molecule has 1 aliphatic carbocycles. The van der Waals surface area contributed by atoms with Crippen LogP contribution in [0.25, 0.3) is 0 Å². The van der Waals surface area contributed by atoms with E-state index in [2.05, 4.69) is 16.4 Å². The lowest BCUT2D eigenvalue weighted by Gasteiger charge is -2.18. The largest absolute Gasteiger partial charge is 0.481 e. The molecule has 5 heteroatoms. The van der Waals surface area contributed by atoms with Crippen LogP contribution in [0.2, 0.25) is 0 Å². The Morgan fingerprint density at radius 1 is 1.52 bits per heavy atom. The fourth-order valence-electron chi connectivity index (χ4n) is 2.73. The molecule has 0 saturated heterocycles. The molecule has 2 N–H and O–H groups in total. The van der Waals surface area contributed by atoms with Crippen molar-refractivity contribution in [3.05, 3.63) is 22.9 Å². The van der Waals surface area contributed by atoms with E-state index in [0.717, 1.165) is 43.4 Å². The van der Waals surface area contributed by atoms with Gasteiger partial charge in [-0.2, -0.15) is 5.26 Å². The zero-order valence-corrected chi connectivity index (χ0v) is 12.4. The van der Waals surface area contributed by atoms with Crippen LogP contribution in [-0.2, 0) is 17.6 Å². The zero-order valence-electron chi connectivity index (χ0n) is 12.4. The fraction of sp³-hybridized carbons (Fsp3) is 0.562. The lowest BCUT2D eigenvalue weighted by molar-refractivity contribution is -0.141. The van der Waals surface area contributed by atoms with Crippen molar-refractivity contribution >= 4 is 11.8 Å². The summed E-state index contributed by atoms with van der Waals surface area (Å²) >= 11 is 0. The molecule has 112 valence electrons. The van der Waals surface area contributed by atoms with Crippen molar-refractivity contribution < 1.29 is 9.90 Å². The standard InChI is InChI=1S/C16H21N3O2/c1-2-5-12(16(20)21)10-18-15-13(9-17)8-11-6-3-4-7-14(11)19-15/h8,12H,2-7,10H2,1H3,(H,18,19)(H,20,21). The first-order valence-corrected chi connectivity index (χ1v) is 7.55. The Balaban J connectivity index is 2.15. The first kappa shape index (κ1) is 15.3. The number of rotatable bonds is 6. The second-order valence-corrected chi connectivity index (χ2v) is 5.51. The minimum Gasteiger partial charge on any atom is -0.481 e. The number of pyridine rings is 1. The summed E-state index contributed by atoms with van der Waals surface area (Å²) in [4.78, 5) is 15.7. The number of fused-ring (bicyclic) bond motifs is 1. The highest BCUT2D eigenvalue weighted by Gasteiger charge is 2.19. The van der Waals surface area contributed by atoms with Crippen LogP contribution in [0.4, 0.5) is 5.82 Å². The zero-order chi connectivity index (χ0) is 15.2. The van der Waals surface area contributed by atoms with Gasteiger partial charge in [0, 0.05) is 12.2 Å². The number of carboxylic acids is 1. The van der Waals surface area contributed by atoms with E-state index in [-0.39, 0.29) is 0 Å². The Labute approximate surface area is 125 Å². The maximum Gasteiger partial charge on any atom is 0.308 e. The van der Waals surface area contributed by atoms with Crippen LogP contribution in [0.1, 0.15) is 49.4 Å². The summed E-state index contributed by atoms with van der Waals surface area (Å²) < 4.78 is 0. The molecule has 0 aliphatic heterocycles. The third-order valence-electron chi connectivity index (χ3n) is 3.92. The van der Waals surface area contributed by atoms with Crippen LogP contribution >= 0.6 is 0 Å². The SMILES string of the molecule is CCCC(CNc1nc2c(cc1C#N)CCCC2)C(=O)O. The summed E-state index contributed by atoms with van der Waals surface area (Å²) in [5, 5.41) is 21.5. The van der Waals surface area contributed by atoms with Gasteiger partial charge in [0.25, 0.3) is 0 Å². The first-order chi connectivity index (χ1) is 10.2. The van der Waals surface area contributed by atoms with Crippen molar-refractivity contribution in [2.75, 3.05) is 11.9 Å². The average Bonchev–Trinajstić information content (AvgIpc) is 2.50. The fourth-order valence-corrected chi connectivity index (χ4v) is 2.73. The Kier molecular flexibility index (Phi) is 5.15. The lowest BCUT2D eigenvalue weighted by atomic mass is 9.95. The predicted octanol–water partition coefficient (Wildman–Crippen LogP) is 2.74. The van der Waals surface area contributed by atoms with E-state index in [1.165, 1.54) is 0 Å². The normalized spacial score (nSPS) is 14.9. The molecule has 1 aromatic rings. The van der Waals surface area contributed by atoms with Gasteiger partial charge in [0.2, 0.25) is 0 Å². The van der Waals surface area contributed by atoms with E-state index in [1.54, 1.807) is 0 Å². The molecule has 0 spiro atoms. The van der Waals surface area contributed by atoms with Crippen LogP contribution in [0.5, 0.6) is 0 Å². The second kappa shape index (κ2) is 7.07. The number of hydrogen-bond donors (Lipinski definition) is 2. The minimum absolute atomic E-state index is 0.309. The smallest absolute Gasteiger partial charge is 0.308 e. The van der Waals surface area contributed by atoms with Crippen molar-refractivity contribution in [3.63, 3.8) is 0 Å². The molecule has 0 radical (unpaired) electrons. The van der Waals surface area contributed by atoms with Crippen LogP contribution in [0.3, 0.4) is 0 Å². The summed E-state index contributed by atoms with van der Waals surface area (Å²) in [6.45, 7) is 2.28. The van der Waals surface area contributed by atoms with E-state index < -0.39 is 11.9 Å². The van der Waals surface area contributed by atoms with Crippen molar-refractivity contribution in [3.8, 4) is 6.07 Å². The average molecular weight is 287 g/mol. The van der Waals surface area contributed by atoms with E-state index in [0.29, 0.717) is 24.3 Å². The Morgan fingerprint density at radius 3 is 2.95 bits per heavy atom. The number of nitrogens with one attached hydrogen (secondary N) is 1. The van der Waals surface area contributed by atoms with Crippen LogP contribution in [0.15, 0.2) is 6.07 Å². The van der Waals surface area contributed by atoms with E-state index >= 15 is 0 Å². The molecule has 0 bridgehead atoms. The number of carbonyl (C=O) groups is 1. The Hall–Kier alpha value is -2.09. The number of aromatic nitrogens is 1. The lowest BCUT2D eigenvalue weighted by Crippen LogP contribution is -2.24. The summed E-state index contributed by atoms with van der Waals surface area (Å²) in [7, 11) is 0. The molecular weight excluding hydrogens is 266 g/mol. The Bertz CT molecular complexity index is 563. The molecule has 0 amide bonds. The topological polar surface area (TPSA) is 86.0 Å². The first-order valence-electron chi connectivity index (χ1n) is 7.55. The summed E-state index contributed by atoms with van der Waals surface area (Å²) in [6, 6.07) is 4.06. The highest BCUT2D eigenvalue weighted by atomic mass is 16.4. The molecule has 1 aliphatic rings. The van der Waals surface area contributed by atoms with Gasteiger partial charge < -0.3 is 10.4 Å². The molecule has 2 rings (SSSR count). The molecule has 0 aromatic carbocycles. The van der Waals surface area contributed by atoms with Gasteiger partial charge >= 0.3 is 5.97 Å². The highest BCUT2D eigenvalue weighted by Crippen LogP contribution is 2.24. The number of anilines is 1. The van der Waals surface area contributed by atoms with E-state index in [1.807, 2.05) is 13.0 Å². The molecular formula is C16H21N3O2. The van der Waals surface area contributed by atoms with Crippen LogP contribution < -0.4 is 5.32 Å². The van der Waals surface area contributed by atoms with Gasteiger partial charge in [-0.15, -0.1) is 0 Å². The number of nitriles is 1. The third kappa shape index (κ3) is 3.72. The summed E-state index contributed by atoms with van der Waals surface area (Å²) in [5.74, 6) is -0.722. The minimum atomic E-state index is -0.805. The molecule has 1 heterocycles. The number of aliphatic carboxylic acids is 1. The number of hydrogen-bond acceptors (Lipinski definition) is 4. The molecule has 0 saturated carbocycles. The maximum atomic E-state index is 11.2. The number of nitrogens with zero attached hydrogens (tertiary/aromatic N) is 2. The van der Waals surface area contributed by atoms with Gasteiger partial charge in [-0.3, -0.25) is 4.79 Å². The van der Waals surface area contributed by atoms with Gasteiger partial charge in [-0.25, -0.2) is 4.98 Å². The summed E-state index contributed by atoms with van der Waals surface area (Å²) in [5.41, 5.74) is 2.72. The van der Waals surface area contributed by atoms with Gasteiger partial charge in [-0.05, 0) is 43.7 Å².